The lowest BCUT2D eigenvalue weighted by atomic mass is 10.00. The van der Waals surface area contributed by atoms with E-state index in [0.717, 1.165) is 102 Å². The van der Waals surface area contributed by atoms with Crippen LogP contribution in [0, 0.1) is 11.8 Å². The maximum absolute atomic E-state index is 12.4. The van der Waals surface area contributed by atoms with E-state index in [-0.39, 0.29) is 12.5 Å². The van der Waals surface area contributed by atoms with Crippen molar-refractivity contribution in [3.8, 4) is 0 Å². The Morgan fingerprint density at radius 1 is 0.479 bits per heavy atom. The fourth-order valence-corrected chi connectivity index (χ4v) is 9.36. The topological polar surface area (TPSA) is 146 Å². The lowest BCUT2D eigenvalue weighted by Crippen LogP contribution is -2.58. The first-order chi connectivity index (χ1) is 33.6. The molecule has 0 amide bonds. The maximum Gasteiger partial charge on any atom is 0.474 e. The van der Waals surface area contributed by atoms with Gasteiger partial charge in [0, 0.05) is 0 Å². The van der Waals surface area contributed by atoms with Gasteiger partial charge in [-0.15, -0.1) is 0 Å². The van der Waals surface area contributed by atoms with Crippen LogP contribution in [0.15, 0.2) is 105 Å². The van der Waals surface area contributed by atoms with Crippen molar-refractivity contribution in [2.24, 2.45) is 11.8 Å². The summed E-state index contributed by atoms with van der Waals surface area (Å²) in [4.78, 5) is 10.1. The minimum Gasteiger partial charge on any atom is -0.394 e. The van der Waals surface area contributed by atoms with Crippen LogP contribution < -0.4 is 0 Å². The predicted octanol–water partition coefficient (Wildman–Crippen LogP) is 16.3. The molecule has 1 aliphatic heterocycles. The average molecular weight is 1010 g/mol. The molecule has 1 heterocycles. The minimum atomic E-state index is -4.63. The van der Waals surface area contributed by atoms with Crippen molar-refractivity contribution in [2.45, 2.75) is 255 Å². The molecule has 1 aliphatic rings. The van der Waals surface area contributed by atoms with Crippen molar-refractivity contribution in [3.63, 3.8) is 0 Å². The number of rotatable bonds is 38. The second-order valence-corrected chi connectivity index (χ2v) is 23.0. The second kappa shape index (κ2) is 39.0. The van der Waals surface area contributed by atoms with Crippen LogP contribution in [-0.4, -0.2) is 69.2 Å². The lowest BCUT2D eigenvalue weighted by molar-refractivity contribution is -0.281. The Kier molecular flexibility index (Phi) is 36.6. The number of ether oxygens (including phenoxy) is 1. The summed E-state index contributed by atoms with van der Waals surface area (Å²) in [6, 6.07) is 0. The monoisotopic (exact) mass is 1010 g/mol. The molecule has 2 unspecified atom stereocenters. The zero-order chi connectivity index (χ0) is 53.2. The number of aliphatic hydroxyl groups is 4. The Morgan fingerprint density at radius 2 is 0.803 bits per heavy atom. The number of aliphatic hydroxyl groups excluding tert-OH is 4. The largest absolute Gasteiger partial charge is 0.474 e. The molecular weight excluding hydrogens is 908 g/mol. The van der Waals surface area contributed by atoms with Gasteiger partial charge in [0.1, 0.15) is 24.4 Å². The van der Waals surface area contributed by atoms with E-state index < -0.39 is 45.1 Å². The molecule has 408 valence electrons. The Labute approximate surface area is 434 Å². The van der Waals surface area contributed by atoms with E-state index in [1.807, 2.05) is 6.92 Å². The summed E-state index contributed by atoms with van der Waals surface area (Å²) < 4.78 is 27.5. The number of phosphoric acid groups is 1. The van der Waals surface area contributed by atoms with Gasteiger partial charge in [-0.1, -0.05) is 132 Å². The second-order valence-electron chi connectivity index (χ2n) is 21.6. The number of hydrogen-bond acceptors (Lipinski definition) is 8. The van der Waals surface area contributed by atoms with Gasteiger partial charge in [-0.25, -0.2) is 4.57 Å². The van der Waals surface area contributed by atoms with Crippen LogP contribution in [0.3, 0.4) is 0 Å². The molecule has 1 rings (SSSR count). The molecule has 0 aromatic carbocycles. The molecule has 0 aromatic heterocycles. The van der Waals surface area contributed by atoms with Crippen LogP contribution >= 0.6 is 7.82 Å². The predicted molar refractivity (Wildman–Crippen MR) is 300 cm³/mol. The summed E-state index contributed by atoms with van der Waals surface area (Å²) in [6.45, 7) is 26.4. The summed E-state index contributed by atoms with van der Waals surface area (Å²) in [7, 11) is -4.63. The van der Waals surface area contributed by atoms with Crippen LogP contribution in [0.5, 0.6) is 0 Å². The highest BCUT2D eigenvalue weighted by molar-refractivity contribution is 7.47. The summed E-state index contributed by atoms with van der Waals surface area (Å²) in [5, 5.41) is 39.1. The van der Waals surface area contributed by atoms with Crippen molar-refractivity contribution >= 4 is 7.82 Å². The van der Waals surface area contributed by atoms with E-state index in [9.17, 15) is 29.9 Å². The summed E-state index contributed by atoms with van der Waals surface area (Å²) in [6.07, 6.45) is 37.7. The standard InChI is InChI=1S/C61H105O9P/c1-46(2)23-13-24-47(3)25-14-26-48(4)27-15-28-49(5)29-16-30-50(6)31-17-32-51(7)33-18-34-52(8)35-19-36-53(9)37-20-38-54(10)39-21-40-55(11)41-22-42-56(12)43-44-68-71(66,67)70-61-60(65)59(64)58(63)57(45-62)69-61/h25,27,29,31,33,35,37,39,41,46,56-65H,13-24,26,28,30,32,34,36,38,40,42-45H2,1-12H3,(H,66,67)/b47-25+,48-27+,49-29-,50-31-,51-33-,52-35-,53-37-,54-39-,55-41-/t56?,57-,58-,59+,60+,61+/m1/s1. The van der Waals surface area contributed by atoms with Gasteiger partial charge in [0.25, 0.3) is 0 Å². The Hall–Kier alpha value is -2.43. The van der Waals surface area contributed by atoms with Gasteiger partial charge in [0.05, 0.1) is 13.2 Å². The van der Waals surface area contributed by atoms with Crippen LogP contribution in [0.1, 0.15) is 224 Å². The molecular formula is C61H105O9P. The van der Waals surface area contributed by atoms with Crippen molar-refractivity contribution in [1.82, 2.24) is 0 Å². The highest BCUT2D eigenvalue weighted by Gasteiger charge is 2.46. The van der Waals surface area contributed by atoms with Crippen LogP contribution in [-0.2, 0) is 18.3 Å². The van der Waals surface area contributed by atoms with Crippen LogP contribution in [0.2, 0.25) is 0 Å². The first kappa shape index (κ1) is 66.6. The molecule has 0 radical (unpaired) electrons. The summed E-state index contributed by atoms with van der Waals surface area (Å²) >= 11 is 0. The SMILES string of the molecule is C/C(=C/CC/C(C)=C\CC/C(C)=C\CC/C(C)=C\CCC(C)CCOP(=O)(O)O[C@@H]1O[C@H](CO)[C@@H](O)[C@H](O)[C@@H]1O)CC/C=C(/C)CC/C=C(/C)CC/C=C(/C)CC/C=C(\C)CC/C=C(\C)CCCC(C)C. The van der Waals surface area contributed by atoms with E-state index in [2.05, 4.69) is 131 Å². The Balaban J connectivity index is 2.23. The third kappa shape index (κ3) is 34.6. The van der Waals surface area contributed by atoms with Gasteiger partial charge in [0.2, 0.25) is 0 Å². The molecule has 0 bridgehead atoms. The van der Waals surface area contributed by atoms with Crippen molar-refractivity contribution in [1.29, 1.82) is 0 Å². The van der Waals surface area contributed by atoms with Crippen molar-refractivity contribution < 1.29 is 43.7 Å². The minimum absolute atomic E-state index is 0.0443. The third-order valence-corrected chi connectivity index (χ3v) is 14.7. The van der Waals surface area contributed by atoms with Gasteiger partial charge in [-0.05, 0) is 209 Å². The van der Waals surface area contributed by atoms with Gasteiger partial charge >= 0.3 is 7.82 Å². The first-order valence-corrected chi connectivity index (χ1v) is 29.0. The normalized spacial score (nSPS) is 22.2. The molecule has 10 heteroatoms. The zero-order valence-corrected chi connectivity index (χ0v) is 47.9. The zero-order valence-electron chi connectivity index (χ0n) is 47.0. The van der Waals surface area contributed by atoms with Crippen molar-refractivity contribution in [2.75, 3.05) is 13.2 Å². The Morgan fingerprint density at radius 3 is 1.13 bits per heavy atom. The maximum atomic E-state index is 12.4. The third-order valence-electron chi connectivity index (χ3n) is 13.7. The number of hydrogen-bond donors (Lipinski definition) is 5. The van der Waals surface area contributed by atoms with Gasteiger partial charge in [-0.2, -0.15) is 0 Å². The number of allylic oxidation sites excluding steroid dienone is 18. The molecule has 0 spiro atoms. The fraction of sp³-hybridized carbons (Fsp3) is 0.705. The van der Waals surface area contributed by atoms with Gasteiger partial charge < -0.3 is 30.1 Å². The molecule has 9 nitrogen and oxygen atoms in total. The highest BCUT2D eigenvalue weighted by Crippen LogP contribution is 2.46. The summed E-state index contributed by atoms with van der Waals surface area (Å²) in [5.41, 5.74) is 13.3. The molecule has 0 saturated carbocycles. The molecule has 0 aliphatic carbocycles. The highest BCUT2D eigenvalue weighted by atomic mass is 31.2. The van der Waals surface area contributed by atoms with Gasteiger partial charge in [-0.3, -0.25) is 9.05 Å². The van der Waals surface area contributed by atoms with E-state index in [0.29, 0.717) is 6.42 Å². The molecule has 71 heavy (non-hydrogen) atoms. The van der Waals surface area contributed by atoms with E-state index >= 15 is 0 Å². The molecule has 1 fully saturated rings. The smallest absolute Gasteiger partial charge is 0.394 e. The van der Waals surface area contributed by atoms with Gasteiger partial charge in [0.15, 0.2) is 6.29 Å². The molecule has 1 saturated heterocycles. The quantitative estimate of drug-likeness (QED) is 0.0301. The van der Waals surface area contributed by atoms with E-state index in [1.54, 1.807) is 5.57 Å². The Bertz CT molecular complexity index is 1810. The van der Waals surface area contributed by atoms with Crippen LogP contribution in [0.4, 0.5) is 0 Å². The lowest BCUT2D eigenvalue weighted by Gasteiger charge is -2.39. The summed E-state index contributed by atoms with van der Waals surface area (Å²) in [5.74, 6) is 1.04. The van der Waals surface area contributed by atoms with E-state index in [4.69, 9.17) is 13.8 Å². The molecule has 0 aromatic rings. The molecule has 5 N–H and O–H groups in total. The fourth-order valence-electron chi connectivity index (χ4n) is 8.52. The van der Waals surface area contributed by atoms with Crippen molar-refractivity contribution in [3.05, 3.63) is 105 Å². The van der Waals surface area contributed by atoms with E-state index in [1.165, 1.54) is 83.1 Å². The first-order valence-electron chi connectivity index (χ1n) is 27.5. The van der Waals surface area contributed by atoms with Crippen LogP contribution in [0.25, 0.3) is 0 Å². The number of phosphoric ester groups is 1. The average Bonchev–Trinajstić information content (AvgIpc) is 3.29. The molecule has 7 atom stereocenters.